The van der Waals surface area contributed by atoms with Gasteiger partial charge in [-0.05, 0) is 50.4 Å². The summed E-state index contributed by atoms with van der Waals surface area (Å²) in [6.45, 7) is 3.17. The molecule has 1 aliphatic rings. The summed E-state index contributed by atoms with van der Waals surface area (Å²) < 4.78 is 5.87. The van der Waals surface area contributed by atoms with Crippen molar-refractivity contribution < 1.29 is 14.0 Å². The number of nitrogens with zero attached hydrogens (tertiary/aromatic N) is 2. The lowest BCUT2D eigenvalue weighted by Crippen LogP contribution is -2.46. The number of hydrogen-bond donors (Lipinski definition) is 1. The molecule has 0 aliphatic carbocycles. The fourth-order valence-corrected chi connectivity index (χ4v) is 2.84. The number of likely N-dealkylation sites (N-methyl/N-ethyl adjacent to an activating group) is 1. The molecule has 1 aromatic carbocycles. The third kappa shape index (κ3) is 3.86. The van der Waals surface area contributed by atoms with E-state index in [2.05, 4.69) is 5.32 Å². The van der Waals surface area contributed by atoms with Crippen LogP contribution in [0.25, 0.3) is 11.3 Å². The van der Waals surface area contributed by atoms with Crippen molar-refractivity contribution in [3.05, 3.63) is 47.2 Å². The van der Waals surface area contributed by atoms with E-state index in [1.54, 1.807) is 6.92 Å². The van der Waals surface area contributed by atoms with E-state index in [-0.39, 0.29) is 11.9 Å². The fraction of sp³-hybridized carbons (Fsp3) is 0.333. The maximum Gasteiger partial charge on any atom is 0.324 e. The molecular formula is C18H20ClN3O3. The molecule has 7 heteroatoms. The predicted octanol–water partition coefficient (Wildman–Crippen LogP) is 2.97. The zero-order valence-electron chi connectivity index (χ0n) is 14.2. The van der Waals surface area contributed by atoms with E-state index in [0.717, 1.165) is 17.1 Å². The maximum absolute atomic E-state index is 12.4. The van der Waals surface area contributed by atoms with Crippen LogP contribution in [-0.4, -0.2) is 47.9 Å². The van der Waals surface area contributed by atoms with Gasteiger partial charge in [-0.2, -0.15) is 0 Å². The normalized spacial score (nSPS) is 15.5. The van der Waals surface area contributed by atoms with Gasteiger partial charge in [-0.15, -0.1) is 0 Å². The van der Waals surface area contributed by atoms with Crippen LogP contribution in [0.4, 0.5) is 4.79 Å². The Balaban J connectivity index is 1.64. The van der Waals surface area contributed by atoms with Crippen LogP contribution in [0.15, 0.2) is 40.8 Å². The number of hydrogen-bond acceptors (Lipinski definition) is 4. The van der Waals surface area contributed by atoms with Gasteiger partial charge >= 0.3 is 6.03 Å². The molecular weight excluding hydrogens is 342 g/mol. The van der Waals surface area contributed by atoms with Crippen LogP contribution in [0.5, 0.6) is 0 Å². The zero-order valence-corrected chi connectivity index (χ0v) is 14.9. The molecule has 2 heterocycles. The minimum Gasteiger partial charge on any atom is -0.460 e. The first-order valence-electron chi connectivity index (χ1n) is 8.10. The Bertz CT molecular complexity index is 772. The van der Waals surface area contributed by atoms with Crippen LogP contribution >= 0.6 is 11.6 Å². The van der Waals surface area contributed by atoms with Crippen molar-refractivity contribution >= 4 is 23.5 Å². The van der Waals surface area contributed by atoms with Crippen LogP contribution in [0.3, 0.4) is 0 Å². The van der Waals surface area contributed by atoms with Crippen molar-refractivity contribution in [1.29, 1.82) is 0 Å². The summed E-state index contributed by atoms with van der Waals surface area (Å²) in [5.41, 5.74) is 0.941. The molecule has 25 heavy (non-hydrogen) atoms. The van der Waals surface area contributed by atoms with E-state index >= 15 is 0 Å². The Morgan fingerprint density at radius 2 is 2.04 bits per heavy atom. The highest BCUT2D eigenvalue weighted by atomic mass is 35.5. The topological polar surface area (TPSA) is 65.8 Å². The Morgan fingerprint density at radius 3 is 2.68 bits per heavy atom. The van der Waals surface area contributed by atoms with Crippen LogP contribution in [-0.2, 0) is 11.3 Å². The number of amides is 3. The number of furan rings is 1. The monoisotopic (exact) mass is 361 g/mol. The van der Waals surface area contributed by atoms with Crippen molar-refractivity contribution in [2.24, 2.45) is 0 Å². The van der Waals surface area contributed by atoms with E-state index in [0.29, 0.717) is 24.7 Å². The summed E-state index contributed by atoms with van der Waals surface area (Å²) in [6, 6.07) is 10.5. The lowest BCUT2D eigenvalue weighted by atomic mass is 10.2. The molecule has 1 N–H and O–H groups in total. The molecule has 1 saturated heterocycles. The third-order valence-corrected chi connectivity index (χ3v) is 4.59. The van der Waals surface area contributed by atoms with Crippen molar-refractivity contribution in [3.63, 3.8) is 0 Å². The second kappa shape index (κ2) is 7.29. The average molecular weight is 362 g/mol. The Morgan fingerprint density at radius 1 is 1.32 bits per heavy atom. The van der Waals surface area contributed by atoms with Crippen LogP contribution in [0, 0.1) is 0 Å². The fourth-order valence-electron chi connectivity index (χ4n) is 2.71. The molecule has 3 rings (SSSR count). The van der Waals surface area contributed by atoms with Crippen LogP contribution in [0.1, 0.15) is 12.7 Å². The summed E-state index contributed by atoms with van der Waals surface area (Å²) in [4.78, 5) is 27.2. The lowest BCUT2D eigenvalue weighted by molar-refractivity contribution is -0.132. The van der Waals surface area contributed by atoms with Gasteiger partial charge in [0, 0.05) is 23.7 Å². The third-order valence-electron chi connectivity index (χ3n) is 4.34. The molecule has 3 amide bonds. The van der Waals surface area contributed by atoms with Gasteiger partial charge in [0.2, 0.25) is 5.91 Å². The highest BCUT2D eigenvalue weighted by Gasteiger charge is 2.31. The molecule has 0 bridgehead atoms. The molecule has 0 unspecified atom stereocenters. The van der Waals surface area contributed by atoms with Gasteiger partial charge in [-0.3, -0.25) is 14.6 Å². The molecule has 0 saturated carbocycles. The standard InChI is InChI=1S/C18H20ClN3O3/c1-12(17(23)22-10-9-20-18(22)24)21(2)11-15-7-8-16(25-15)13-3-5-14(19)6-4-13/h3-8,12H,9-11H2,1-2H3,(H,20,24)/t12-/m1/s1. The van der Waals surface area contributed by atoms with Gasteiger partial charge in [-0.1, -0.05) is 11.6 Å². The van der Waals surface area contributed by atoms with Crippen LogP contribution < -0.4 is 5.32 Å². The first-order valence-corrected chi connectivity index (χ1v) is 8.47. The lowest BCUT2D eigenvalue weighted by Gasteiger charge is -2.25. The summed E-state index contributed by atoms with van der Waals surface area (Å²) in [5, 5.41) is 3.31. The molecule has 1 atom stereocenters. The second-order valence-electron chi connectivity index (χ2n) is 6.09. The Kier molecular flexibility index (Phi) is 5.11. The van der Waals surface area contributed by atoms with E-state index in [4.69, 9.17) is 16.0 Å². The number of nitrogens with one attached hydrogen (secondary N) is 1. The first-order chi connectivity index (χ1) is 12.0. The largest absolute Gasteiger partial charge is 0.460 e. The molecule has 6 nitrogen and oxygen atoms in total. The maximum atomic E-state index is 12.4. The van der Waals surface area contributed by atoms with Gasteiger partial charge < -0.3 is 9.73 Å². The molecule has 1 fully saturated rings. The van der Waals surface area contributed by atoms with Gasteiger partial charge in [0.05, 0.1) is 12.6 Å². The quantitative estimate of drug-likeness (QED) is 0.889. The van der Waals surface area contributed by atoms with E-state index in [9.17, 15) is 9.59 Å². The molecule has 2 aromatic rings. The molecule has 0 spiro atoms. The molecule has 0 radical (unpaired) electrons. The number of halogens is 1. The minimum absolute atomic E-state index is 0.206. The van der Waals surface area contributed by atoms with Gasteiger partial charge in [0.25, 0.3) is 0 Å². The SMILES string of the molecule is C[C@H](C(=O)N1CCNC1=O)N(C)Cc1ccc(-c2ccc(Cl)cc2)o1. The first kappa shape index (κ1) is 17.5. The van der Waals surface area contributed by atoms with E-state index in [1.807, 2.05) is 48.3 Å². The summed E-state index contributed by atoms with van der Waals surface area (Å²) in [5.74, 6) is 1.29. The number of carbonyl (C=O) groups excluding carboxylic acids is 2. The van der Waals surface area contributed by atoms with Crippen molar-refractivity contribution in [1.82, 2.24) is 15.1 Å². The Labute approximate surface area is 151 Å². The number of rotatable bonds is 5. The van der Waals surface area contributed by atoms with E-state index < -0.39 is 6.04 Å². The average Bonchev–Trinajstić information content (AvgIpc) is 3.23. The summed E-state index contributed by atoms with van der Waals surface area (Å²) in [6.07, 6.45) is 0. The smallest absolute Gasteiger partial charge is 0.324 e. The number of benzene rings is 1. The van der Waals surface area contributed by atoms with Crippen molar-refractivity contribution in [3.8, 4) is 11.3 Å². The molecule has 132 valence electrons. The summed E-state index contributed by atoms with van der Waals surface area (Å²) in [7, 11) is 1.83. The van der Waals surface area contributed by atoms with Crippen molar-refractivity contribution in [2.45, 2.75) is 19.5 Å². The van der Waals surface area contributed by atoms with E-state index in [1.165, 1.54) is 4.90 Å². The van der Waals surface area contributed by atoms with Crippen molar-refractivity contribution in [2.75, 3.05) is 20.1 Å². The predicted molar refractivity (Wildman–Crippen MR) is 95.2 cm³/mol. The number of urea groups is 1. The summed E-state index contributed by atoms with van der Waals surface area (Å²) >= 11 is 5.90. The van der Waals surface area contributed by atoms with Gasteiger partial charge in [0.1, 0.15) is 11.5 Å². The van der Waals surface area contributed by atoms with Gasteiger partial charge in [0.15, 0.2) is 0 Å². The molecule has 1 aromatic heterocycles. The number of carbonyl (C=O) groups is 2. The highest BCUT2D eigenvalue weighted by molar-refractivity contribution is 6.30. The molecule has 1 aliphatic heterocycles. The Hall–Kier alpha value is -2.31. The highest BCUT2D eigenvalue weighted by Crippen LogP contribution is 2.24. The van der Waals surface area contributed by atoms with Gasteiger partial charge in [-0.25, -0.2) is 4.79 Å². The zero-order chi connectivity index (χ0) is 18.0. The second-order valence-corrected chi connectivity index (χ2v) is 6.52. The minimum atomic E-state index is -0.423. The van der Waals surface area contributed by atoms with Crippen LogP contribution in [0.2, 0.25) is 5.02 Å². The number of imide groups is 1.